The van der Waals surface area contributed by atoms with Gasteiger partial charge in [0.05, 0.1) is 4.90 Å². The molecule has 1 saturated heterocycles. The molecule has 1 heterocycles. The van der Waals surface area contributed by atoms with Crippen LogP contribution in [-0.2, 0) is 10.0 Å². The second-order valence-electron chi connectivity index (χ2n) is 4.65. The van der Waals surface area contributed by atoms with Crippen molar-refractivity contribution in [2.45, 2.75) is 36.7 Å². The van der Waals surface area contributed by atoms with Crippen molar-refractivity contribution < 1.29 is 12.8 Å². The van der Waals surface area contributed by atoms with Crippen LogP contribution in [-0.4, -0.2) is 27.0 Å². The van der Waals surface area contributed by atoms with Gasteiger partial charge in [-0.15, -0.1) is 12.4 Å². The lowest BCUT2D eigenvalue weighted by molar-refractivity contribution is 0.361. The van der Waals surface area contributed by atoms with E-state index in [1.54, 1.807) is 0 Å². The maximum absolute atomic E-state index is 12.8. The van der Waals surface area contributed by atoms with Crippen LogP contribution >= 0.6 is 12.4 Å². The molecule has 1 aliphatic heterocycles. The van der Waals surface area contributed by atoms with Gasteiger partial charge in [0, 0.05) is 12.1 Å². The van der Waals surface area contributed by atoms with Crippen molar-refractivity contribution in [3.05, 3.63) is 30.1 Å². The van der Waals surface area contributed by atoms with Crippen molar-refractivity contribution in [2.24, 2.45) is 0 Å². The fourth-order valence-electron chi connectivity index (χ4n) is 2.14. The average Bonchev–Trinajstić information content (AvgIpc) is 2.29. The van der Waals surface area contributed by atoms with E-state index in [1.807, 2.05) is 6.92 Å². The predicted octanol–water partition coefficient (Wildman–Crippen LogP) is 1.67. The second kappa shape index (κ2) is 6.65. The van der Waals surface area contributed by atoms with Crippen molar-refractivity contribution in [2.75, 3.05) is 6.54 Å². The zero-order valence-corrected chi connectivity index (χ0v) is 12.2. The lowest BCUT2D eigenvalue weighted by Gasteiger charge is -2.28. The Morgan fingerprint density at radius 1 is 1.32 bits per heavy atom. The van der Waals surface area contributed by atoms with Gasteiger partial charge in [0.1, 0.15) is 5.82 Å². The smallest absolute Gasteiger partial charge is 0.240 e. The van der Waals surface area contributed by atoms with Gasteiger partial charge in [-0.2, -0.15) is 0 Å². The Morgan fingerprint density at radius 3 is 2.53 bits per heavy atom. The highest BCUT2D eigenvalue weighted by atomic mass is 35.5. The number of hydrogen-bond acceptors (Lipinski definition) is 3. The molecule has 2 atom stereocenters. The van der Waals surface area contributed by atoms with Crippen molar-refractivity contribution in [3.8, 4) is 0 Å². The van der Waals surface area contributed by atoms with Gasteiger partial charge in [0.2, 0.25) is 10.0 Å². The van der Waals surface area contributed by atoms with Crippen molar-refractivity contribution in [1.82, 2.24) is 10.0 Å². The average molecular weight is 309 g/mol. The van der Waals surface area contributed by atoms with E-state index in [4.69, 9.17) is 0 Å². The van der Waals surface area contributed by atoms with Gasteiger partial charge in [-0.3, -0.25) is 0 Å². The molecule has 0 amide bonds. The Morgan fingerprint density at radius 2 is 1.95 bits per heavy atom. The Balaban J connectivity index is 0.00000180. The van der Waals surface area contributed by atoms with E-state index in [1.165, 1.54) is 12.1 Å². The molecule has 7 heteroatoms. The van der Waals surface area contributed by atoms with Gasteiger partial charge in [-0.1, -0.05) is 0 Å². The van der Waals surface area contributed by atoms with Crippen molar-refractivity contribution in [1.29, 1.82) is 0 Å². The number of halogens is 2. The molecule has 4 nitrogen and oxygen atoms in total. The van der Waals surface area contributed by atoms with E-state index in [2.05, 4.69) is 10.0 Å². The molecule has 2 rings (SSSR count). The van der Waals surface area contributed by atoms with E-state index in [-0.39, 0.29) is 23.3 Å². The summed E-state index contributed by atoms with van der Waals surface area (Å²) in [6, 6.07) is 5.11. The molecule has 2 unspecified atom stereocenters. The topological polar surface area (TPSA) is 58.2 Å². The minimum atomic E-state index is -3.54. The first-order chi connectivity index (χ1) is 8.47. The normalized spacial score (nSPS) is 23.7. The summed E-state index contributed by atoms with van der Waals surface area (Å²) in [6.45, 7) is 2.83. The largest absolute Gasteiger partial charge is 0.314 e. The Kier molecular flexibility index (Phi) is 5.73. The SMILES string of the molecule is CC1CC(NS(=O)(=O)c2ccc(F)cc2)CCN1.Cl. The lowest BCUT2D eigenvalue weighted by atomic mass is 10.0. The van der Waals surface area contributed by atoms with Gasteiger partial charge < -0.3 is 5.32 Å². The molecule has 0 aromatic heterocycles. The minimum Gasteiger partial charge on any atom is -0.314 e. The van der Waals surface area contributed by atoms with Crippen LogP contribution in [0.2, 0.25) is 0 Å². The summed E-state index contributed by atoms with van der Waals surface area (Å²) in [6.07, 6.45) is 1.53. The van der Waals surface area contributed by atoms with Crippen LogP contribution in [0.1, 0.15) is 19.8 Å². The molecule has 108 valence electrons. The van der Waals surface area contributed by atoms with Gasteiger partial charge in [0.15, 0.2) is 0 Å². The zero-order valence-electron chi connectivity index (χ0n) is 10.6. The fraction of sp³-hybridized carbons (Fsp3) is 0.500. The monoisotopic (exact) mass is 308 g/mol. The molecule has 0 spiro atoms. The summed E-state index contributed by atoms with van der Waals surface area (Å²) in [4.78, 5) is 0.107. The van der Waals surface area contributed by atoms with E-state index >= 15 is 0 Å². The lowest BCUT2D eigenvalue weighted by Crippen LogP contribution is -2.46. The molecule has 0 saturated carbocycles. The molecule has 0 aliphatic carbocycles. The molecule has 1 aromatic rings. The molecule has 0 radical (unpaired) electrons. The molecule has 19 heavy (non-hydrogen) atoms. The van der Waals surface area contributed by atoms with Crippen LogP contribution in [0, 0.1) is 5.82 Å². The number of hydrogen-bond donors (Lipinski definition) is 2. The zero-order chi connectivity index (χ0) is 13.2. The quantitative estimate of drug-likeness (QED) is 0.893. The van der Waals surface area contributed by atoms with Crippen LogP contribution in [0.4, 0.5) is 4.39 Å². The summed E-state index contributed by atoms with van der Waals surface area (Å²) in [5.74, 6) is -0.440. The molecule has 2 N–H and O–H groups in total. The third-order valence-electron chi connectivity index (χ3n) is 3.07. The van der Waals surface area contributed by atoms with Crippen LogP contribution in [0.3, 0.4) is 0 Å². The molecule has 1 aromatic carbocycles. The van der Waals surface area contributed by atoms with Crippen LogP contribution in [0.5, 0.6) is 0 Å². The number of rotatable bonds is 3. The van der Waals surface area contributed by atoms with Crippen molar-refractivity contribution >= 4 is 22.4 Å². The van der Waals surface area contributed by atoms with Gasteiger partial charge in [0.25, 0.3) is 0 Å². The van der Waals surface area contributed by atoms with Crippen molar-refractivity contribution in [3.63, 3.8) is 0 Å². The van der Waals surface area contributed by atoms with E-state index in [9.17, 15) is 12.8 Å². The molecule has 1 fully saturated rings. The summed E-state index contributed by atoms with van der Waals surface area (Å²) >= 11 is 0. The summed E-state index contributed by atoms with van der Waals surface area (Å²) in [5, 5.41) is 3.26. The molecular weight excluding hydrogens is 291 g/mol. The van der Waals surface area contributed by atoms with Crippen LogP contribution in [0.25, 0.3) is 0 Å². The Labute approximate surface area is 119 Å². The highest BCUT2D eigenvalue weighted by Crippen LogP contribution is 2.14. The maximum atomic E-state index is 12.8. The number of piperidine rings is 1. The standard InChI is InChI=1S/C12H17FN2O2S.ClH/c1-9-8-11(6-7-14-9)15-18(16,17)12-4-2-10(13)3-5-12;/h2-5,9,11,14-15H,6-8H2,1H3;1H. The summed E-state index contributed by atoms with van der Waals surface area (Å²) in [7, 11) is -3.54. The molecule has 0 bridgehead atoms. The fourth-order valence-corrected chi connectivity index (χ4v) is 3.42. The first-order valence-corrected chi connectivity index (χ1v) is 7.47. The van der Waals surface area contributed by atoms with Crippen LogP contribution in [0.15, 0.2) is 29.2 Å². The number of nitrogens with one attached hydrogen (secondary N) is 2. The maximum Gasteiger partial charge on any atom is 0.240 e. The first-order valence-electron chi connectivity index (χ1n) is 5.98. The molecular formula is C12H18ClFN2O2S. The van der Waals surface area contributed by atoms with E-state index < -0.39 is 15.8 Å². The third-order valence-corrected chi connectivity index (χ3v) is 4.61. The first kappa shape index (κ1) is 16.4. The highest BCUT2D eigenvalue weighted by Gasteiger charge is 2.24. The van der Waals surface area contributed by atoms with E-state index in [0.717, 1.165) is 31.5 Å². The van der Waals surface area contributed by atoms with Crippen LogP contribution < -0.4 is 10.0 Å². The van der Waals surface area contributed by atoms with E-state index in [0.29, 0.717) is 6.04 Å². The number of sulfonamides is 1. The summed E-state index contributed by atoms with van der Waals surface area (Å²) in [5.41, 5.74) is 0. The third kappa shape index (κ3) is 4.42. The Bertz CT molecular complexity index is 507. The van der Waals surface area contributed by atoms with Gasteiger partial charge >= 0.3 is 0 Å². The second-order valence-corrected chi connectivity index (χ2v) is 6.37. The minimum absolute atomic E-state index is 0. The van der Waals surface area contributed by atoms with Gasteiger partial charge in [-0.05, 0) is 50.6 Å². The Hall–Kier alpha value is -0.690. The summed E-state index contributed by atoms with van der Waals surface area (Å²) < 4.78 is 39.6. The predicted molar refractivity (Wildman–Crippen MR) is 74.5 cm³/mol. The highest BCUT2D eigenvalue weighted by molar-refractivity contribution is 7.89. The van der Waals surface area contributed by atoms with Gasteiger partial charge in [-0.25, -0.2) is 17.5 Å². The molecule has 1 aliphatic rings. The number of benzene rings is 1.